The minimum atomic E-state index is -0.116. The van der Waals surface area contributed by atoms with Gasteiger partial charge in [0.25, 0.3) is 0 Å². The molecule has 1 saturated carbocycles. The predicted octanol–water partition coefficient (Wildman–Crippen LogP) is 0.811. The number of nitrogens with one attached hydrogen (secondary N) is 1. The molecule has 0 bridgehead atoms. The van der Waals surface area contributed by atoms with Crippen LogP contribution in [0.1, 0.15) is 20.3 Å². The van der Waals surface area contributed by atoms with Gasteiger partial charge in [0, 0.05) is 35.0 Å². The lowest BCUT2D eigenvalue weighted by molar-refractivity contribution is -0.162. The number of amides is 1. The summed E-state index contributed by atoms with van der Waals surface area (Å²) >= 11 is 2.37. The van der Waals surface area contributed by atoms with E-state index in [1.54, 1.807) is 0 Å². The summed E-state index contributed by atoms with van der Waals surface area (Å²) in [4.78, 5) is 26.3. The van der Waals surface area contributed by atoms with Gasteiger partial charge >= 0.3 is 5.97 Å². The second kappa shape index (κ2) is 4.83. The highest BCUT2D eigenvalue weighted by Gasteiger charge is 2.60. The van der Waals surface area contributed by atoms with Crippen LogP contribution in [0.15, 0.2) is 0 Å². The summed E-state index contributed by atoms with van der Waals surface area (Å²) in [6, 6.07) is 0. The van der Waals surface area contributed by atoms with Crippen molar-refractivity contribution in [2.45, 2.75) is 23.7 Å². The normalized spacial score (nSPS) is 37.6. The third-order valence-electron chi connectivity index (χ3n) is 4.93. The van der Waals surface area contributed by atoms with Gasteiger partial charge in [-0.2, -0.15) is 0 Å². The minimum absolute atomic E-state index is 0.0848. The summed E-state index contributed by atoms with van der Waals surface area (Å²) in [5, 5.41) is 3.28. The Morgan fingerprint density at radius 2 is 2.05 bits per heavy atom. The Morgan fingerprint density at radius 1 is 1.40 bits per heavy atom. The molecule has 1 aliphatic carbocycles. The van der Waals surface area contributed by atoms with Gasteiger partial charge in [-0.25, -0.2) is 0 Å². The van der Waals surface area contributed by atoms with E-state index in [9.17, 15) is 9.59 Å². The topological polar surface area (TPSA) is 58.6 Å². The van der Waals surface area contributed by atoms with E-state index in [2.05, 4.69) is 34.8 Å². The lowest BCUT2D eigenvalue weighted by Crippen LogP contribution is -2.63. The van der Waals surface area contributed by atoms with E-state index >= 15 is 0 Å². The van der Waals surface area contributed by atoms with E-state index < -0.39 is 0 Å². The van der Waals surface area contributed by atoms with Crippen LogP contribution in [0.25, 0.3) is 0 Å². The second-order valence-electron chi connectivity index (χ2n) is 6.53. The maximum absolute atomic E-state index is 12.3. The Kier molecular flexibility index (Phi) is 3.52. The van der Waals surface area contributed by atoms with Crippen molar-refractivity contribution in [1.29, 1.82) is 0 Å². The summed E-state index contributed by atoms with van der Waals surface area (Å²) in [6.45, 7) is 7.27. The zero-order valence-electron chi connectivity index (χ0n) is 11.9. The molecular weight excluding hydrogens is 371 g/mol. The largest absolute Gasteiger partial charge is 0.466 e. The monoisotopic (exact) mass is 392 g/mol. The van der Waals surface area contributed by atoms with Crippen LogP contribution in [0.4, 0.5) is 0 Å². The van der Waals surface area contributed by atoms with Crippen molar-refractivity contribution < 1.29 is 14.3 Å². The first-order valence-electron chi connectivity index (χ1n) is 7.25. The standard InChI is InChI=1S/C14H21IN2O3/c1-3-20-12(19)10-5-16-6-14(10)7-17(8-14)11(18)9-4-13(9,2)15/h9-10,16H,3-8H2,1-2H3/t9-,10?,13?/m1/s1. The molecule has 0 aromatic heterocycles. The van der Waals surface area contributed by atoms with Gasteiger partial charge in [-0.3, -0.25) is 9.59 Å². The summed E-state index contributed by atoms with van der Waals surface area (Å²) < 4.78 is 5.31. The number of ether oxygens (including phenoxy) is 1. The van der Waals surface area contributed by atoms with Crippen molar-refractivity contribution in [2.75, 3.05) is 32.8 Å². The summed E-state index contributed by atoms with van der Waals surface area (Å²) in [5.41, 5.74) is -0.0848. The highest BCUT2D eigenvalue weighted by Crippen LogP contribution is 2.53. The smallest absolute Gasteiger partial charge is 0.310 e. The number of likely N-dealkylation sites (tertiary alicyclic amines) is 1. The molecule has 2 saturated heterocycles. The Labute approximate surface area is 132 Å². The van der Waals surface area contributed by atoms with Crippen molar-refractivity contribution >= 4 is 34.5 Å². The maximum Gasteiger partial charge on any atom is 0.310 e. The van der Waals surface area contributed by atoms with Crippen molar-refractivity contribution in [1.82, 2.24) is 10.2 Å². The highest BCUT2D eigenvalue weighted by atomic mass is 127. The molecule has 2 heterocycles. The number of carbonyl (C=O) groups excluding carboxylic acids is 2. The van der Waals surface area contributed by atoms with Gasteiger partial charge in [-0.15, -0.1) is 0 Å². The SMILES string of the molecule is CCOC(=O)C1CNCC12CN(C(=O)[C@H]1CC1(C)I)C2. The zero-order valence-corrected chi connectivity index (χ0v) is 14.1. The molecule has 0 aromatic carbocycles. The number of esters is 1. The number of hydrogen-bond acceptors (Lipinski definition) is 4. The Bertz CT molecular complexity index is 446. The molecule has 20 heavy (non-hydrogen) atoms. The molecule has 0 radical (unpaired) electrons. The molecular formula is C14H21IN2O3. The fraction of sp³-hybridized carbons (Fsp3) is 0.857. The van der Waals surface area contributed by atoms with Gasteiger partial charge in [-0.1, -0.05) is 22.6 Å². The average molecular weight is 392 g/mol. The molecule has 3 aliphatic rings. The van der Waals surface area contributed by atoms with E-state index in [0.29, 0.717) is 26.2 Å². The Hall–Kier alpha value is -0.370. The maximum atomic E-state index is 12.3. The third-order valence-corrected chi connectivity index (χ3v) is 6.12. The molecule has 3 fully saturated rings. The second-order valence-corrected chi connectivity index (χ2v) is 8.99. The molecule has 1 N–H and O–H groups in total. The minimum Gasteiger partial charge on any atom is -0.466 e. The van der Waals surface area contributed by atoms with Gasteiger partial charge in [0.1, 0.15) is 0 Å². The van der Waals surface area contributed by atoms with Gasteiger partial charge in [0.05, 0.1) is 18.4 Å². The summed E-state index contributed by atoms with van der Waals surface area (Å²) in [7, 11) is 0. The molecule has 6 heteroatoms. The first-order valence-corrected chi connectivity index (χ1v) is 8.32. The van der Waals surface area contributed by atoms with E-state index in [-0.39, 0.29) is 32.5 Å². The van der Waals surface area contributed by atoms with Gasteiger partial charge in [-0.05, 0) is 20.3 Å². The van der Waals surface area contributed by atoms with Crippen LogP contribution in [0.2, 0.25) is 0 Å². The number of carbonyl (C=O) groups is 2. The number of alkyl halides is 1. The molecule has 2 aliphatic heterocycles. The van der Waals surface area contributed by atoms with Gasteiger partial charge in [0.15, 0.2) is 0 Å². The molecule has 1 spiro atoms. The molecule has 1 amide bonds. The number of rotatable bonds is 3. The van der Waals surface area contributed by atoms with Crippen LogP contribution in [-0.2, 0) is 14.3 Å². The van der Waals surface area contributed by atoms with Gasteiger partial charge < -0.3 is 15.0 Å². The quantitative estimate of drug-likeness (QED) is 0.439. The van der Waals surface area contributed by atoms with Crippen molar-refractivity contribution in [3.8, 4) is 0 Å². The van der Waals surface area contributed by atoms with E-state index in [1.165, 1.54) is 0 Å². The molecule has 3 rings (SSSR count). The van der Waals surface area contributed by atoms with Gasteiger partial charge in [0.2, 0.25) is 5.91 Å². The first-order chi connectivity index (χ1) is 9.39. The molecule has 5 nitrogen and oxygen atoms in total. The third kappa shape index (κ3) is 2.24. The van der Waals surface area contributed by atoms with Crippen LogP contribution < -0.4 is 5.32 Å². The number of halogens is 1. The Balaban J connectivity index is 1.60. The summed E-state index contributed by atoms with van der Waals surface area (Å²) in [5.74, 6) is 0.226. The number of nitrogens with zero attached hydrogens (tertiary/aromatic N) is 1. The lowest BCUT2D eigenvalue weighted by Gasteiger charge is -2.50. The van der Waals surface area contributed by atoms with Crippen molar-refractivity contribution in [2.24, 2.45) is 17.3 Å². The summed E-state index contributed by atoms with van der Waals surface area (Å²) in [6.07, 6.45) is 0.982. The molecule has 0 aromatic rings. The van der Waals surface area contributed by atoms with E-state index in [4.69, 9.17) is 4.74 Å². The van der Waals surface area contributed by atoms with Crippen molar-refractivity contribution in [3.05, 3.63) is 0 Å². The highest BCUT2D eigenvalue weighted by molar-refractivity contribution is 14.1. The van der Waals surface area contributed by atoms with Crippen LogP contribution >= 0.6 is 22.6 Å². The zero-order chi connectivity index (χ0) is 14.5. The fourth-order valence-corrected chi connectivity index (χ4v) is 4.20. The lowest BCUT2D eigenvalue weighted by atomic mass is 9.71. The first kappa shape index (κ1) is 14.6. The molecule has 112 valence electrons. The van der Waals surface area contributed by atoms with E-state index in [1.807, 2.05) is 11.8 Å². The van der Waals surface area contributed by atoms with E-state index in [0.717, 1.165) is 13.0 Å². The van der Waals surface area contributed by atoms with Crippen LogP contribution in [0.5, 0.6) is 0 Å². The fourth-order valence-electron chi connectivity index (χ4n) is 3.49. The predicted molar refractivity (Wildman–Crippen MR) is 82.5 cm³/mol. The average Bonchev–Trinajstić information content (AvgIpc) is 2.81. The molecule has 3 atom stereocenters. The Morgan fingerprint density at radius 3 is 2.60 bits per heavy atom. The number of hydrogen-bond donors (Lipinski definition) is 1. The molecule has 2 unspecified atom stereocenters. The van der Waals surface area contributed by atoms with Crippen molar-refractivity contribution in [3.63, 3.8) is 0 Å². The van der Waals surface area contributed by atoms with Crippen LogP contribution in [0, 0.1) is 17.3 Å². The van der Waals surface area contributed by atoms with Crippen LogP contribution in [-0.4, -0.2) is 53.0 Å². The van der Waals surface area contributed by atoms with Crippen LogP contribution in [0.3, 0.4) is 0 Å².